The molecule has 0 spiro atoms. The fourth-order valence-electron chi connectivity index (χ4n) is 1.42. The first kappa shape index (κ1) is 15.2. The Labute approximate surface area is 133 Å². The van der Waals surface area contributed by atoms with Gasteiger partial charge in [0.05, 0.1) is 14.5 Å². The first-order valence-electron chi connectivity index (χ1n) is 5.27. The molecule has 19 heavy (non-hydrogen) atoms. The highest BCUT2D eigenvalue weighted by molar-refractivity contribution is 9.11. The van der Waals surface area contributed by atoms with Gasteiger partial charge in [0, 0.05) is 4.88 Å². The van der Waals surface area contributed by atoms with Crippen LogP contribution in [0.25, 0.3) is 0 Å². The van der Waals surface area contributed by atoms with E-state index < -0.39 is 10.0 Å². The summed E-state index contributed by atoms with van der Waals surface area (Å²) in [5.74, 6) is 0. The minimum Gasteiger partial charge on any atom is -0.254 e. The van der Waals surface area contributed by atoms with Crippen molar-refractivity contribution in [3.8, 4) is 0 Å². The van der Waals surface area contributed by atoms with Gasteiger partial charge in [0.2, 0.25) is 0 Å². The number of hydrogen-bond donors (Lipinski definition) is 1. The maximum absolute atomic E-state index is 12.2. The fourth-order valence-corrected chi connectivity index (χ4v) is 5.96. The van der Waals surface area contributed by atoms with Crippen LogP contribution in [-0.4, -0.2) is 13.4 Å². The third kappa shape index (κ3) is 3.30. The van der Waals surface area contributed by atoms with Gasteiger partial charge in [0.25, 0.3) is 10.0 Å². The number of aryl methyl sites for hydroxylation is 2. The zero-order chi connectivity index (χ0) is 14.2. The smallest absolute Gasteiger partial charge is 0.254 e. The Morgan fingerprint density at radius 1 is 1.47 bits per heavy atom. The quantitative estimate of drug-likeness (QED) is 0.831. The molecular weight excluding hydrogens is 392 g/mol. The van der Waals surface area contributed by atoms with E-state index in [0.29, 0.717) is 13.9 Å². The highest BCUT2D eigenvalue weighted by atomic mass is 79.9. The topological polar surface area (TPSA) is 59.1 Å². The van der Waals surface area contributed by atoms with Gasteiger partial charge in [-0.1, -0.05) is 18.5 Å². The Balaban J connectivity index is 2.30. The first-order valence-corrected chi connectivity index (χ1v) is 9.56. The normalized spacial score (nSPS) is 11.8. The second kappa shape index (κ2) is 5.69. The molecule has 2 rings (SSSR count). The van der Waals surface area contributed by atoms with E-state index in [1.165, 1.54) is 17.4 Å². The molecule has 0 amide bonds. The lowest BCUT2D eigenvalue weighted by Gasteiger charge is -2.01. The summed E-state index contributed by atoms with van der Waals surface area (Å²) in [7, 11) is -3.62. The number of nitrogens with zero attached hydrogens (tertiary/aromatic N) is 1. The van der Waals surface area contributed by atoms with Gasteiger partial charge in [-0.05, 0) is 35.3 Å². The zero-order valence-electron chi connectivity index (χ0n) is 10.0. The summed E-state index contributed by atoms with van der Waals surface area (Å²) in [5.41, 5.74) is 0.910. The molecule has 2 aromatic rings. The third-order valence-corrected chi connectivity index (χ3v) is 7.68. The lowest BCUT2D eigenvalue weighted by molar-refractivity contribution is 0.603. The van der Waals surface area contributed by atoms with E-state index in [4.69, 9.17) is 11.6 Å². The number of thiazole rings is 1. The number of thiophene rings is 1. The standard InChI is InChI=1S/C10H10BrClN2O2S3/c1-3-7-5(2)17-10(13-7)14-19(15,16)8-4-6(12)9(11)18-8/h4H,3H2,1-2H3,(H,13,14). The number of halogens is 2. The van der Waals surface area contributed by atoms with Crippen LogP contribution in [0.3, 0.4) is 0 Å². The van der Waals surface area contributed by atoms with Crippen LogP contribution in [0.4, 0.5) is 5.13 Å². The lowest BCUT2D eigenvalue weighted by atomic mass is 10.3. The molecule has 9 heteroatoms. The number of nitrogens with one attached hydrogen (secondary N) is 1. The summed E-state index contributed by atoms with van der Waals surface area (Å²) in [6.07, 6.45) is 0.778. The molecule has 1 N–H and O–H groups in total. The second-order valence-corrected chi connectivity index (χ2v) is 9.56. The van der Waals surface area contributed by atoms with Gasteiger partial charge < -0.3 is 0 Å². The van der Waals surface area contributed by atoms with Crippen molar-refractivity contribution in [2.75, 3.05) is 4.72 Å². The van der Waals surface area contributed by atoms with Crippen molar-refractivity contribution >= 4 is 65.4 Å². The predicted octanol–water partition coefficient (Wildman–Crippen LogP) is 4.29. The summed E-state index contributed by atoms with van der Waals surface area (Å²) < 4.78 is 27.6. The van der Waals surface area contributed by atoms with Crippen molar-refractivity contribution in [1.29, 1.82) is 0 Å². The van der Waals surface area contributed by atoms with Crippen molar-refractivity contribution in [1.82, 2.24) is 4.98 Å². The average molecular weight is 402 g/mol. The van der Waals surface area contributed by atoms with Gasteiger partial charge in [-0.25, -0.2) is 13.4 Å². The molecule has 0 bridgehead atoms. The van der Waals surface area contributed by atoms with Gasteiger partial charge >= 0.3 is 0 Å². The molecule has 0 unspecified atom stereocenters. The Bertz CT molecular complexity index is 689. The largest absolute Gasteiger partial charge is 0.273 e. The highest BCUT2D eigenvalue weighted by Gasteiger charge is 2.21. The molecule has 0 aromatic carbocycles. The molecule has 0 atom stereocenters. The second-order valence-electron chi connectivity index (χ2n) is 3.67. The monoisotopic (exact) mass is 400 g/mol. The Hall–Kier alpha value is -0.150. The minimum absolute atomic E-state index is 0.162. The third-order valence-electron chi connectivity index (χ3n) is 2.34. The Morgan fingerprint density at radius 3 is 2.63 bits per heavy atom. The lowest BCUT2D eigenvalue weighted by Crippen LogP contribution is -2.11. The molecule has 0 saturated carbocycles. The van der Waals surface area contributed by atoms with Crippen LogP contribution in [0.5, 0.6) is 0 Å². The van der Waals surface area contributed by atoms with Crippen molar-refractivity contribution < 1.29 is 8.42 Å². The summed E-state index contributed by atoms with van der Waals surface area (Å²) in [6, 6.07) is 1.42. The van der Waals surface area contributed by atoms with Crippen LogP contribution in [0.15, 0.2) is 14.1 Å². The van der Waals surface area contributed by atoms with Gasteiger partial charge in [-0.3, -0.25) is 4.72 Å². The molecule has 4 nitrogen and oxygen atoms in total. The van der Waals surface area contributed by atoms with Crippen LogP contribution in [0.2, 0.25) is 5.02 Å². The molecule has 2 aromatic heterocycles. The van der Waals surface area contributed by atoms with E-state index in [9.17, 15) is 8.42 Å². The van der Waals surface area contributed by atoms with E-state index >= 15 is 0 Å². The van der Waals surface area contributed by atoms with Crippen molar-refractivity contribution in [3.63, 3.8) is 0 Å². The van der Waals surface area contributed by atoms with Crippen LogP contribution < -0.4 is 4.72 Å². The van der Waals surface area contributed by atoms with Crippen LogP contribution in [0.1, 0.15) is 17.5 Å². The summed E-state index contributed by atoms with van der Waals surface area (Å²) in [5, 5.41) is 0.768. The maximum atomic E-state index is 12.2. The minimum atomic E-state index is -3.62. The van der Waals surface area contributed by atoms with Crippen LogP contribution in [-0.2, 0) is 16.4 Å². The number of anilines is 1. The van der Waals surface area contributed by atoms with E-state index in [0.717, 1.165) is 28.3 Å². The van der Waals surface area contributed by atoms with E-state index in [1.54, 1.807) is 0 Å². The van der Waals surface area contributed by atoms with Crippen molar-refractivity contribution in [2.24, 2.45) is 0 Å². The fraction of sp³-hybridized carbons (Fsp3) is 0.300. The highest BCUT2D eigenvalue weighted by Crippen LogP contribution is 2.35. The summed E-state index contributed by atoms with van der Waals surface area (Å²) in [6.45, 7) is 3.91. The molecule has 0 aliphatic carbocycles. The number of sulfonamides is 1. The van der Waals surface area contributed by atoms with E-state index in [1.807, 2.05) is 13.8 Å². The Morgan fingerprint density at radius 2 is 2.16 bits per heavy atom. The van der Waals surface area contributed by atoms with Crippen molar-refractivity contribution in [3.05, 3.63) is 25.4 Å². The maximum Gasteiger partial charge on any atom is 0.273 e. The number of rotatable bonds is 4. The molecule has 0 radical (unpaired) electrons. The molecule has 0 aliphatic heterocycles. The van der Waals surface area contributed by atoms with Crippen molar-refractivity contribution in [2.45, 2.75) is 24.5 Å². The molecular formula is C10H10BrClN2O2S3. The van der Waals surface area contributed by atoms with E-state index in [2.05, 4.69) is 25.6 Å². The molecule has 0 fully saturated rings. The average Bonchev–Trinajstić information content (AvgIpc) is 2.83. The predicted molar refractivity (Wildman–Crippen MR) is 84.1 cm³/mol. The molecule has 0 aliphatic rings. The first-order chi connectivity index (χ1) is 8.83. The summed E-state index contributed by atoms with van der Waals surface area (Å²) in [4.78, 5) is 5.28. The molecule has 104 valence electrons. The van der Waals surface area contributed by atoms with Crippen LogP contribution >= 0.6 is 50.2 Å². The molecule has 0 saturated heterocycles. The SMILES string of the molecule is CCc1nc(NS(=O)(=O)c2cc(Cl)c(Br)s2)sc1C. The number of aromatic nitrogens is 1. The zero-order valence-corrected chi connectivity index (χ0v) is 14.8. The Kier molecular flexibility index (Phi) is 4.56. The van der Waals surface area contributed by atoms with Gasteiger partial charge in [-0.2, -0.15) is 0 Å². The van der Waals surface area contributed by atoms with Crippen LogP contribution in [0, 0.1) is 6.92 Å². The summed E-state index contributed by atoms with van der Waals surface area (Å²) >= 11 is 11.4. The van der Waals surface area contributed by atoms with Gasteiger partial charge in [-0.15, -0.1) is 22.7 Å². The molecule has 2 heterocycles. The van der Waals surface area contributed by atoms with E-state index in [-0.39, 0.29) is 4.21 Å². The number of hydrogen-bond acceptors (Lipinski definition) is 5. The van der Waals surface area contributed by atoms with Gasteiger partial charge in [0.1, 0.15) is 4.21 Å². The van der Waals surface area contributed by atoms with Gasteiger partial charge in [0.15, 0.2) is 5.13 Å².